The van der Waals surface area contributed by atoms with E-state index in [1.54, 1.807) is 0 Å². The molecule has 1 aromatic heterocycles. The highest BCUT2D eigenvalue weighted by Gasteiger charge is 2.42. The summed E-state index contributed by atoms with van der Waals surface area (Å²) >= 11 is 0. The Balaban J connectivity index is 0.000000349. The number of carboxylic acid groups (broad SMARTS) is 2. The van der Waals surface area contributed by atoms with Gasteiger partial charge >= 0.3 is 17.9 Å². The minimum absolute atomic E-state index is 0.0140. The molecule has 1 aromatic carbocycles. The van der Waals surface area contributed by atoms with E-state index in [2.05, 4.69) is 54.8 Å². The second-order valence-electron chi connectivity index (χ2n) is 10.4. The second-order valence-corrected chi connectivity index (χ2v) is 10.4. The zero-order valence-corrected chi connectivity index (χ0v) is 21.6. The molecule has 2 N–H and O–H groups in total. The van der Waals surface area contributed by atoms with Crippen molar-refractivity contribution in [1.82, 2.24) is 9.47 Å². The highest BCUT2D eigenvalue weighted by Crippen LogP contribution is 2.45. The first-order chi connectivity index (χ1) is 17.7. The second kappa shape index (κ2) is 11.5. The molecular formula is C28H36N2O7. The number of carbonyl (C=O) groups is 3. The van der Waals surface area contributed by atoms with Gasteiger partial charge in [0, 0.05) is 66.6 Å². The minimum atomic E-state index is -1.26. The SMILES string of the molecule is CC(C)n1cc2c3c(cccc31)C1C[C@@H](C(=O)OC3CCOCC3)CN(C)C1C2.O=C(O)/C=C\C(=O)O. The van der Waals surface area contributed by atoms with E-state index in [-0.39, 0.29) is 18.0 Å². The molecule has 3 aliphatic rings. The van der Waals surface area contributed by atoms with Crippen LogP contribution in [-0.4, -0.2) is 76.5 Å². The first-order valence-corrected chi connectivity index (χ1v) is 12.9. The number of carbonyl (C=O) groups excluding carboxylic acids is 1. The molecular weight excluding hydrogens is 476 g/mol. The van der Waals surface area contributed by atoms with Crippen LogP contribution in [0.5, 0.6) is 0 Å². The molecule has 9 nitrogen and oxygen atoms in total. The molecule has 2 unspecified atom stereocenters. The molecule has 1 aliphatic carbocycles. The van der Waals surface area contributed by atoms with Crippen molar-refractivity contribution in [3.05, 3.63) is 47.7 Å². The summed E-state index contributed by atoms with van der Waals surface area (Å²) in [7, 11) is 2.18. The van der Waals surface area contributed by atoms with Crippen LogP contribution in [-0.2, 0) is 30.3 Å². The van der Waals surface area contributed by atoms with Gasteiger partial charge in [0.05, 0.1) is 19.1 Å². The van der Waals surface area contributed by atoms with Crippen molar-refractivity contribution in [2.45, 2.75) is 63.6 Å². The number of piperidine rings is 1. The number of carboxylic acids is 2. The number of likely N-dealkylation sites (N-methyl/N-ethyl adjacent to an activating group) is 1. The molecule has 2 saturated heterocycles. The molecule has 2 aromatic rings. The smallest absolute Gasteiger partial charge is 0.328 e. The van der Waals surface area contributed by atoms with Gasteiger partial charge in [-0.3, -0.25) is 4.79 Å². The monoisotopic (exact) mass is 512 g/mol. The van der Waals surface area contributed by atoms with E-state index >= 15 is 0 Å². The van der Waals surface area contributed by atoms with Crippen LogP contribution in [0.2, 0.25) is 0 Å². The van der Waals surface area contributed by atoms with Crippen LogP contribution < -0.4 is 0 Å². The molecule has 3 heterocycles. The van der Waals surface area contributed by atoms with E-state index in [9.17, 15) is 14.4 Å². The number of aromatic nitrogens is 1. The van der Waals surface area contributed by atoms with E-state index in [0.29, 0.717) is 43.4 Å². The van der Waals surface area contributed by atoms with Gasteiger partial charge in [-0.25, -0.2) is 9.59 Å². The lowest BCUT2D eigenvalue weighted by Gasteiger charge is -2.45. The lowest BCUT2D eigenvalue weighted by atomic mass is 9.72. The average Bonchev–Trinajstić information content (AvgIpc) is 3.24. The Morgan fingerprint density at radius 1 is 1.11 bits per heavy atom. The fourth-order valence-electron chi connectivity index (χ4n) is 5.87. The quantitative estimate of drug-likeness (QED) is 0.461. The van der Waals surface area contributed by atoms with Gasteiger partial charge in [0.15, 0.2) is 0 Å². The Morgan fingerprint density at radius 2 is 1.78 bits per heavy atom. The molecule has 2 fully saturated rings. The van der Waals surface area contributed by atoms with Crippen molar-refractivity contribution < 1.29 is 34.1 Å². The van der Waals surface area contributed by atoms with Crippen molar-refractivity contribution in [1.29, 1.82) is 0 Å². The van der Waals surface area contributed by atoms with Gasteiger partial charge in [-0.15, -0.1) is 0 Å². The number of nitrogens with zero attached hydrogens (tertiary/aromatic N) is 2. The van der Waals surface area contributed by atoms with E-state index in [0.717, 1.165) is 32.2 Å². The molecule has 3 atom stereocenters. The zero-order valence-electron chi connectivity index (χ0n) is 21.6. The Labute approximate surface area is 216 Å². The number of esters is 1. The number of likely N-dealkylation sites (tertiary alicyclic amines) is 1. The maximum atomic E-state index is 13.0. The Kier molecular flexibility index (Phi) is 8.34. The lowest BCUT2D eigenvalue weighted by Crippen LogP contribution is -2.50. The number of rotatable bonds is 5. The maximum Gasteiger partial charge on any atom is 0.328 e. The normalized spacial score (nSPS) is 23.9. The summed E-state index contributed by atoms with van der Waals surface area (Å²) < 4.78 is 13.7. The van der Waals surface area contributed by atoms with Crippen LogP contribution in [0.1, 0.15) is 56.2 Å². The standard InChI is InChI=1S/C24H32N2O3.C4H4O4/c1-15(2)26-14-16-12-22-20(19-5-4-6-21(26)23(16)19)11-17(13-25(22)3)24(27)29-18-7-9-28-10-8-18;5-3(6)1-2-4(7)8/h4-6,14-15,17-18,20,22H,7-13H2,1-3H3;1-2H,(H,5,6)(H,7,8)/b;2-1-/t17-,20?,22?;/m1./s1. The molecule has 5 rings (SSSR count). The Bertz CT molecular complexity index is 1160. The van der Waals surface area contributed by atoms with Crippen molar-refractivity contribution in [3.63, 3.8) is 0 Å². The molecule has 9 heteroatoms. The van der Waals surface area contributed by atoms with Crippen LogP contribution in [0.25, 0.3) is 10.9 Å². The average molecular weight is 513 g/mol. The first kappa shape index (κ1) is 26.9. The number of fused-ring (bicyclic) bond motifs is 2. The van der Waals surface area contributed by atoms with Gasteiger partial charge in [0.2, 0.25) is 0 Å². The molecule has 0 amide bonds. The van der Waals surface area contributed by atoms with Crippen LogP contribution in [0.3, 0.4) is 0 Å². The van der Waals surface area contributed by atoms with Gasteiger partial charge in [-0.2, -0.15) is 0 Å². The Morgan fingerprint density at radius 3 is 2.41 bits per heavy atom. The van der Waals surface area contributed by atoms with Crippen molar-refractivity contribution >= 4 is 28.8 Å². The summed E-state index contributed by atoms with van der Waals surface area (Å²) in [6.07, 6.45) is 7.11. The summed E-state index contributed by atoms with van der Waals surface area (Å²) in [6, 6.07) is 7.62. The maximum absolute atomic E-state index is 13.0. The van der Waals surface area contributed by atoms with Crippen LogP contribution >= 0.6 is 0 Å². The number of benzene rings is 1. The highest BCUT2D eigenvalue weighted by atomic mass is 16.6. The van der Waals surface area contributed by atoms with E-state index < -0.39 is 11.9 Å². The number of hydrogen-bond donors (Lipinski definition) is 2. The van der Waals surface area contributed by atoms with Crippen LogP contribution in [0.4, 0.5) is 0 Å². The molecule has 0 bridgehead atoms. The third-order valence-electron chi connectivity index (χ3n) is 7.58. The van der Waals surface area contributed by atoms with Gasteiger partial charge in [0.25, 0.3) is 0 Å². The molecule has 200 valence electrons. The fourth-order valence-corrected chi connectivity index (χ4v) is 5.87. The fraction of sp³-hybridized carbons (Fsp3) is 0.536. The molecule has 2 aliphatic heterocycles. The van der Waals surface area contributed by atoms with Gasteiger partial charge < -0.3 is 29.2 Å². The third kappa shape index (κ3) is 6.05. The zero-order chi connectivity index (χ0) is 26.7. The molecule has 0 spiro atoms. The topological polar surface area (TPSA) is 118 Å². The summed E-state index contributed by atoms with van der Waals surface area (Å²) in [5.74, 6) is -2.19. The molecule has 0 saturated carbocycles. The third-order valence-corrected chi connectivity index (χ3v) is 7.58. The number of aliphatic carboxylic acids is 2. The summed E-state index contributed by atoms with van der Waals surface area (Å²) in [4.78, 5) is 34.5. The van der Waals surface area contributed by atoms with Crippen LogP contribution in [0.15, 0.2) is 36.5 Å². The largest absolute Gasteiger partial charge is 0.478 e. The lowest BCUT2D eigenvalue weighted by molar-refractivity contribution is -0.160. The Hall–Kier alpha value is -3.17. The predicted molar refractivity (Wildman–Crippen MR) is 138 cm³/mol. The van der Waals surface area contributed by atoms with Gasteiger partial charge in [-0.1, -0.05) is 12.1 Å². The van der Waals surface area contributed by atoms with E-state index in [1.807, 2.05) is 0 Å². The highest BCUT2D eigenvalue weighted by molar-refractivity contribution is 5.90. The summed E-state index contributed by atoms with van der Waals surface area (Å²) in [5, 5.41) is 17.0. The summed E-state index contributed by atoms with van der Waals surface area (Å²) in [5.41, 5.74) is 4.21. The molecule has 0 radical (unpaired) electrons. The predicted octanol–water partition coefficient (Wildman–Crippen LogP) is 3.62. The molecule has 37 heavy (non-hydrogen) atoms. The van der Waals surface area contributed by atoms with Crippen molar-refractivity contribution in [3.8, 4) is 0 Å². The number of hydrogen-bond acceptors (Lipinski definition) is 6. The number of ether oxygens (including phenoxy) is 2. The van der Waals surface area contributed by atoms with E-state index in [1.165, 1.54) is 22.0 Å². The summed E-state index contributed by atoms with van der Waals surface area (Å²) in [6.45, 7) is 6.68. The van der Waals surface area contributed by atoms with Crippen molar-refractivity contribution in [2.24, 2.45) is 5.92 Å². The first-order valence-electron chi connectivity index (χ1n) is 12.9. The van der Waals surface area contributed by atoms with E-state index in [4.69, 9.17) is 19.7 Å². The minimum Gasteiger partial charge on any atom is -0.478 e. The van der Waals surface area contributed by atoms with Crippen LogP contribution in [0, 0.1) is 5.92 Å². The van der Waals surface area contributed by atoms with Crippen molar-refractivity contribution in [2.75, 3.05) is 26.8 Å². The van der Waals surface area contributed by atoms with Gasteiger partial charge in [0.1, 0.15) is 6.10 Å². The van der Waals surface area contributed by atoms with Gasteiger partial charge in [-0.05, 0) is 50.9 Å².